The van der Waals surface area contributed by atoms with Gasteiger partial charge in [0, 0.05) is 31.1 Å². The lowest BCUT2D eigenvalue weighted by molar-refractivity contribution is -0.155. The molecule has 0 spiro atoms. The topological polar surface area (TPSA) is 77.9 Å². The first-order valence-corrected chi connectivity index (χ1v) is 6.88. The molecule has 1 aromatic rings. The van der Waals surface area contributed by atoms with E-state index in [1.807, 2.05) is 5.38 Å². The molecule has 0 aromatic carbocycles. The van der Waals surface area contributed by atoms with Crippen molar-refractivity contribution in [1.29, 1.82) is 0 Å². The van der Waals surface area contributed by atoms with Gasteiger partial charge in [0.15, 0.2) is 0 Å². The molecule has 1 aromatic heterocycles. The highest BCUT2D eigenvalue weighted by molar-refractivity contribution is 7.10. The van der Waals surface area contributed by atoms with E-state index in [4.69, 9.17) is 5.11 Å². The summed E-state index contributed by atoms with van der Waals surface area (Å²) in [6.07, 6.45) is 2.55. The molecule has 20 heavy (non-hydrogen) atoms. The van der Waals surface area contributed by atoms with Gasteiger partial charge in [0.25, 0.3) is 0 Å². The summed E-state index contributed by atoms with van der Waals surface area (Å²) in [7, 11) is 1.60. The van der Waals surface area contributed by atoms with Crippen molar-refractivity contribution in [3.63, 3.8) is 0 Å². The molecule has 0 atom stereocenters. The summed E-state index contributed by atoms with van der Waals surface area (Å²) in [4.78, 5) is 37.8. The number of piperazine rings is 1. The van der Waals surface area contributed by atoms with Crippen LogP contribution in [0.3, 0.4) is 0 Å². The quantitative estimate of drug-likeness (QED) is 0.653. The van der Waals surface area contributed by atoms with Gasteiger partial charge in [-0.1, -0.05) is 0 Å². The van der Waals surface area contributed by atoms with Crippen molar-refractivity contribution >= 4 is 35.2 Å². The van der Waals surface area contributed by atoms with Crippen molar-refractivity contribution in [1.82, 2.24) is 9.80 Å². The van der Waals surface area contributed by atoms with Gasteiger partial charge in [-0.2, -0.15) is 0 Å². The van der Waals surface area contributed by atoms with E-state index >= 15 is 0 Å². The number of amides is 2. The van der Waals surface area contributed by atoms with Crippen LogP contribution in [-0.2, 0) is 20.9 Å². The number of thiophene rings is 1. The maximum Gasteiger partial charge on any atom is 0.328 e. The molecule has 0 radical (unpaired) electrons. The summed E-state index contributed by atoms with van der Waals surface area (Å²) in [6, 6.07) is 1.79. The molecule has 1 aliphatic rings. The third kappa shape index (κ3) is 3.05. The Morgan fingerprint density at radius 1 is 1.40 bits per heavy atom. The predicted molar refractivity (Wildman–Crippen MR) is 74.0 cm³/mol. The summed E-state index contributed by atoms with van der Waals surface area (Å²) in [5, 5.41) is 10.5. The molecular formula is C13H14N2O4S. The Hall–Kier alpha value is -2.15. The fourth-order valence-corrected chi connectivity index (χ4v) is 2.77. The Balaban J connectivity index is 2.11. The van der Waals surface area contributed by atoms with Crippen molar-refractivity contribution in [2.24, 2.45) is 0 Å². The number of nitrogens with zero attached hydrogens (tertiary/aromatic N) is 2. The summed E-state index contributed by atoms with van der Waals surface area (Å²) < 4.78 is 0. The summed E-state index contributed by atoms with van der Waals surface area (Å²) in [5.74, 6) is -2.04. The maximum atomic E-state index is 11.9. The van der Waals surface area contributed by atoms with E-state index in [0.29, 0.717) is 19.6 Å². The molecule has 7 heteroatoms. The van der Waals surface area contributed by atoms with Crippen LogP contribution < -0.4 is 0 Å². The highest BCUT2D eigenvalue weighted by Crippen LogP contribution is 2.21. The average molecular weight is 294 g/mol. The van der Waals surface area contributed by atoms with Gasteiger partial charge in [-0.05, 0) is 23.1 Å². The standard InChI is InChI=1S/C13H14N2O4S/c1-14-5-6-15(13(19)12(14)18)8-10-9(4-7-20-10)2-3-11(16)17/h2-4,7H,5-6,8H2,1H3,(H,16,17). The highest BCUT2D eigenvalue weighted by Gasteiger charge is 2.30. The molecular weight excluding hydrogens is 280 g/mol. The molecule has 0 bridgehead atoms. The Labute approximate surface area is 119 Å². The second-order valence-corrected chi connectivity index (χ2v) is 5.42. The van der Waals surface area contributed by atoms with Gasteiger partial charge in [0.1, 0.15) is 0 Å². The Morgan fingerprint density at radius 2 is 2.15 bits per heavy atom. The van der Waals surface area contributed by atoms with E-state index < -0.39 is 17.8 Å². The smallest absolute Gasteiger partial charge is 0.328 e. The molecule has 6 nitrogen and oxygen atoms in total. The summed E-state index contributed by atoms with van der Waals surface area (Å²) in [6.45, 7) is 1.33. The highest BCUT2D eigenvalue weighted by atomic mass is 32.1. The lowest BCUT2D eigenvalue weighted by Crippen LogP contribution is -2.52. The van der Waals surface area contributed by atoms with E-state index in [2.05, 4.69) is 0 Å². The number of aliphatic carboxylic acids is 1. The number of carbonyl (C=O) groups is 3. The van der Waals surface area contributed by atoms with Crippen LogP contribution in [0.4, 0.5) is 0 Å². The van der Waals surface area contributed by atoms with Crippen molar-refractivity contribution in [2.75, 3.05) is 20.1 Å². The molecule has 2 amide bonds. The normalized spacial score (nSPS) is 16.2. The number of hydrogen-bond donors (Lipinski definition) is 1. The van der Waals surface area contributed by atoms with Crippen LogP contribution in [0.25, 0.3) is 6.08 Å². The molecule has 0 aliphatic carbocycles. The van der Waals surface area contributed by atoms with Crippen molar-refractivity contribution in [2.45, 2.75) is 6.54 Å². The van der Waals surface area contributed by atoms with Gasteiger partial charge in [0.2, 0.25) is 0 Å². The first kappa shape index (κ1) is 14.3. The predicted octanol–water partition coefficient (Wildman–Crippen LogP) is 0.647. The molecule has 2 rings (SSSR count). The van der Waals surface area contributed by atoms with Crippen LogP contribution in [0, 0.1) is 0 Å². The van der Waals surface area contributed by atoms with Gasteiger partial charge in [0.05, 0.1) is 6.54 Å². The lowest BCUT2D eigenvalue weighted by atomic mass is 10.2. The van der Waals surface area contributed by atoms with Crippen LogP contribution in [-0.4, -0.2) is 52.8 Å². The van der Waals surface area contributed by atoms with E-state index in [9.17, 15) is 14.4 Å². The number of carboxylic acid groups (broad SMARTS) is 1. The maximum absolute atomic E-state index is 11.9. The fraction of sp³-hybridized carbons (Fsp3) is 0.308. The SMILES string of the molecule is CN1CCN(Cc2sccc2C=CC(=O)O)C(=O)C1=O. The summed E-state index contributed by atoms with van der Waals surface area (Å²) in [5.41, 5.74) is 0.761. The Morgan fingerprint density at radius 3 is 2.85 bits per heavy atom. The Kier molecular flexibility index (Phi) is 4.19. The minimum atomic E-state index is -1.02. The molecule has 1 saturated heterocycles. The van der Waals surface area contributed by atoms with Crippen molar-refractivity contribution in [3.8, 4) is 0 Å². The minimum Gasteiger partial charge on any atom is -0.478 e. The zero-order valence-electron chi connectivity index (χ0n) is 10.9. The van der Waals surface area contributed by atoms with Gasteiger partial charge in [-0.15, -0.1) is 11.3 Å². The number of rotatable bonds is 4. The molecule has 106 valence electrons. The molecule has 0 unspecified atom stereocenters. The van der Waals surface area contributed by atoms with E-state index in [-0.39, 0.29) is 0 Å². The molecule has 1 N–H and O–H groups in total. The minimum absolute atomic E-state index is 0.329. The van der Waals surface area contributed by atoms with Crippen LogP contribution in [0.5, 0.6) is 0 Å². The van der Waals surface area contributed by atoms with Gasteiger partial charge in [-0.25, -0.2) is 4.79 Å². The van der Waals surface area contributed by atoms with E-state index in [1.165, 1.54) is 27.2 Å². The third-order valence-corrected chi connectivity index (χ3v) is 3.96. The van der Waals surface area contributed by atoms with Crippen LogP contribution in [0.2, 0.25) is 0 Å². The van der Waals surface area contributed by atoms with Crippen molar-refractivity contribution in [3.05, 3.63) is 28.0 Å². The largest absolute Gasteiger partial charge is 0.478 e. The number of carbonyl (C=O) groups excluding carboxylic acids is 2. The molecule has 1 fully saturated rings. The first-order chi connectivity index (χ1) is 9.49. The molecule has 0 saturated carbocycles. The monoisotopic (exact) mass is 294 g/mol. The second-order valence-electron chi connectivity index (χ2n) is 4.42. The zero-order valence-corrected chi connectivity index (χ0v) is 11.7. The molecule has 1 aliphatic heterocycles. The van der Waals surface area contributed by atoms with Gasteiger partial charge in [-0.3, -0.25) is 9.59 Å². The third-order valence-electron chi connectivity index (χ3n) is 3.04. The van der Waals surface area contributed by atoms with Crippen LogP contribution >= 0.6 is 11.3 Å². The van der Waals surface area contributed by atoms with E-state index in [0.717, 1.165) is 16.5 Å². The van der Waals surface area contributed by atoms with Crippen LogP contribution in [0.1, 0.15) is 10.4 Å². The van der Waals surface area contributed by atoms with E-state index in [1.54, 1.807) is 13.1 Å². The Bertz CT molecular complexity index is 579. The average Bonchev–Trinajstić information content (AvgIpc) is 2.84. The van der Waals surface area contributed by atoms with Crippen molar-refractivity contribution < 1.29 is 19.5 Å². The fourth-order valence-electron chi connectivity index (χ4n) is 1.89. The van der Waals surface area contributed by atoms with Gasteiger partial charge >= 0.3 is 17.8 Å². The summed E-state index contributed by atoms with van der Waals surface area (Å²) >= 11 is 1.44. The number of carboxylic acids is 1. The first-order valence-electron chi connectivity index (χ1n) is 6.01. The van der Waals surface area contributed by atoms with Gasteiger partial charge < -0.3 is 14.9 Å². The molecule has 2 heterocycles. The zero-order chi connectivity index (χ0) is 14.7. The number of likely N-dealkylation sites (N-methyl/N-ethyl adjacent to an activating group) is 1. The van der Waals surface area contributed by atoms with Crippen LogP contribution in [0.15, 0.2) is 17.5 Å². The number of hydrogen-bond acceptors (Lipinski definition) is 4. The second kappa shape index (κ2) is 5.87. The lowest BCUT2D eigenvalue weighted by Gasteiger charge is -2.31.